The van der Waals surface area contributed by atoms with E-state index in [1.165, 1.54) is 6.07 Å². The monoisotopic (exact) mass is 290 g/mol. The zero-order valence-corrected chi connectivity index (χ0v) is 10.5. The lowest BCUT2D eigenvalue weighted by Crippen LogP contribution is -2.20. The van der Waals surface area contributed by atoms with E-state index in [4.69, 9.17) is 4.42 Å². The highest BCUT2D eigenvalue weighted by Gasteiger charge is 2.28. The van der Waals surface area contributed by atoms with Crippen LogP contribution in [0.15, 0.2) is 45.6 Å². The Labute approximate surface area is 116 Å². The van der Waals surface area contributed by atoms with Gasteiger partial charge in [-0.05, 0) is 16.8 Å². The van der Waals surface area contributed by atoms with Crippen LogP contribution in [0.4, 0.5) is 8.78 Å². The van der Waals surface area contributed by atoms with Crippen LogP contribution in [-0.2, 0) is 0 Å². The molecule has 4 nitrogen and oxygen atoms in total. The summed E-state index contributed by atoms with van der Waals surface area (Å²) >= 11 is 0. The van der Waals surface area contributed by atoms with Gasteiger partial charge in [-0.15, -0.1) is 0 Å². The predicted molar refractivity (Wildman–Crippen MR) is 72.0 cm³/mol. The van der Waals surface area contributed by atoms with Gasteiger partial charge in [-0.3, -0.25) is 4.79 Å². The van der Waals surface area contributed by atoms with E-state index in [9.17, 15) is 23.5 Å². The maximum atomic E-state index is 12.5. The van der Waals surface area contributed by atoms with Crippen molar-refractivity contribution in [3.8, 4) is 5.75 Å². The molecule has 0 spiro atoms. The van der Waals surface area contributed by atoms with Crippen molar-refractivity contribution >= 4 is 27.5 Å². The first-order chi connectivity index (χ1) is 10.0. The number of carbonyl (C=O) groups is 1. The van der Waals surface area contributed by atoms with E-state index in [1.807, 2.05) is 0 Å². The number of carbonyl (C=O) groups excluding carboxylic acids is 1. The zero-order chi connectivity index (χ0) is 15.1. The Balaban J connectivity index is 2.50. The number of aromatic hydroxyl groups is 1. The lowest BCUT2D eigenvalue weighted by molar-refractivity contribution is 0.0671. The molecule has 0 amide bonds. The fourth-order valence-corrected chi connectivity index (χ4v) is 2.28. The molecule has 2 aromatic carbocycles. The third-order valence-corrected chi connectivity index (χ3v) is 3.22. The highest BCUT2D eigenvalue weighted by molar-refractivity contribution is 6.13. The van der Waals surface area contributed by atoms with Crippen LogP contribution in [0.1, 0.15) is 10.4 Å². The lowest BCUT2D eigenvalue weighted by Gasteiger charge is -2.08. The number of hydrogen-bond acceptors (Lipinski definition) is 4. The first-order valence-corrected chi connectivity index (χ1v) is 6.00. The molecular formula is C15H8F2O4. The second-order valence-electron chi connectivity index (χ2n) is 4.44. The van der Waals surface area contributed by atoms with Gasteiger partial charge < -0.3 is 9.52 Å². The molecular weight excluding hydrogens is 282 g/mol. The SMILES string of the molecule is O=C(c1c(O)c2c(ccc3ccccc32)oc1=O)C(F)F. The van der Waals surface area contributed by atoms with E-state index >= 15 is 0 Å². The fraction of sp³-hybridized carbons (Fsp3) is 0.0667. The number of fused-ring (bicyclic) bond motifs is 3. The van der Waals surface area contributed by atoms with E-state index < -0.39 is 29.1 Å². The van der Waals surface area contributed by atoms with Crippen molar-refractivity contribution in [2.75, 3.05) is 0 Å². The van der Waals surface area contributed by atoms with E-state index in [0.717, 1.165) is 0 Å². The number of hydrogen-bond donors (Lipinski definition) is 1. The maximum absolute atomic E-state index is 12.5. The molecule has 21 heavy (non-hydrogen) atoms. The van der Waals surface area contributed by atoms with Crippen LogP contribution in [0.25, 0.3) is 21.7 Å². The van der Waals surface area contributed by atoms with Gasteiger partial charge >= 0.3 is 12.1 Å². The Morgan fingerprint density at radius 3 is 2.57 bits per heavy atom. The molecule has 0 fully saturated rings. The minimum absolute atomic E-state index is 0.0296. The molecule has 0 saturated carbocycles. The summed E-state index contributed by atoms with van der Waals surface area (Å²) in [5.74, 6) is -2.53. The molecule has 6 heteroatoms. The molecule has 1 aromatic heterocycles. The van der Waals surface area contributed by atoms with Gasteiger partial charge in [0.05, 0.1) is 5.39 Å². The molecule has 0 aliphatic heterocycles. The molecule has 1 heterocycles. The third kappa shape index (κ3) is 1.96. The van der Waals surface area contributed by atoms with Crippen molar-refractivity contribution in [3.05, 3.63) is 52.4 Å². The summed E-state index contributed by atoms with van der Waals surface area (Å²) < 4.78 is 30.0. The second-order valence-corrected chi connectivity index (χ2v) is 4.44. The van der Waals surface area contributed by atoms with Crippen LogP contribution in [-0.4, -0.2) is 17.3 Å². The van der Waals surface area contributed by atoms with E-state index in [0.29, 0.717) is 10.8 Å². The zero-order valence-electron chi connectivity index (χ0n) is 10.5. The van der Waals surface area contributed by atoms with Crippen molar-refractivity contribution in [3.63, 3.8) is 0 Å². The Kier molecular flexibility index (Phi) is 2.94. The van der Waals surface area contributed by atoms with Crippen molar-refractivity contribution in [2.24, 2.45) is 0 Å². The quantitative estimate of drug-likeness (QED) is 0.447. The first-order valence-electron chi connectivity index (χ1n) is 6.00. The topological polar surface area (TPSA) is 67.5 Å². The molecule has 0 unspecified atom stereocenters. The molecule has 1 N–H and O–H groups in total. The summed E-state index contributed by atoms with van der Waals surface area (Å²) in [4.78, 5) is 23.1. The fourth-order valence-electron chi connectivity index (χ4n) is 2.28. The number of halogens is 2. The molecule has 0 aliphatic carbocycles. The Hall–Kier alpha value is -2.76. The molecule has 0 bridgehead atoms. The van der Waals surface area contributed by atoms with E-state index in [2.05, 4.69) is 0 Å². The Bertz CT molecular complexity index is 928. The second kappa shape index (κ2) is 4.66. The van der Waals surface area contributed by atoms with Crippen molar-refractivity contribution in [1.82, 2.24) is 0 Å². The minimum Gasteiger partial charge on any atom is -0.506 e. The predicted octanol–water partition coefficient (Wildman–Crippen LogP) is 3.10. The average Bonchev–Trinajstić information content (AvgIpc) is 2.46. The Morgan fingerprint density at radius 2 is 1.86 bits per heavy atom. The van der Waals surface area contributed by atoms with Gasteiger partial charge in [-0.25, -0.2) is 13.6 Å². The Morgan fingerprint density at radius 1 is 1.14 bits per heavy atom. The number of benzene rings is 2. The van der Waals surface area contributed by atoms with Crippen LogP contribution >= 0.6 is 0 Å². The number of rotatable bonds is 2. The van der Waals surface area contributed by atoms with Crippen LogP contribution in [0.3, 0.4) is 0 Å². The van der Waals surface area contributed by atoms with Crippen molar-refractivity contribution in [1.29, 1.82) is 0 Å². The average molecular weight is 290 g/mol. The van der Waals surface area contributed by atoms with Crippen LogP contribution in [0, 0.1) is 0 Å². The van der Waals surface area contributed by atoms with Gasteiger partial charge in [0, 0.05) is 0 Å². The standard InChI is InChI=1S/C15H8F2O4/c16-14(17)13(19)11-12(18)10-8-4-2-1-3-7(8)5-6-9(10)21-15(11)20/h1-6,14,18H. The highest BCUT2D eigenvalue weighted by Crippen LogP contribution is 2.33. The van der Waals surface area contributed by atoms with Gasteiger partial charge in [0.2, 0.25) is 5.78 Å². The molecule has 0 aliphatic rings. The molecule has 0 atom stereocenters. The van der Waals surface area contributed by atoms with Gasteiger partial charge in [-0.1, -0.05) is 30.3 Å². The normalized spacial score (nSPS) is 11.4. The van der Waals surface area contributed by atoms with Crippen LogP contribution in [0.5, 0.6) is 5.75 Å². The highest BCUT2D eigenvalue weighted by atomic mass is 19.3. The molecule has 3 rings (SSSR count). The third-order valence-electron chi connectivity index (χ3n) is 3.22. The van der Waals surface area contributed by atoms with E-state index in [1.54, 1.807) is 30.3 Å². The summed E-state index contributed by atoms with van der Waals surface area (Å²) in [7, 11) is 0. The van der Waals surface area contributed by atoms with Crippen molar-refractivity contribution in [2.45, 2.75) is 6.43 Å². The number of Topliss-reactive ketones (excluding diaryl/α,β-unsaturated/α-hetero) is 1. The van der Waals surface area contributed by atoms with Gasteiger partial charge in [0.15, 0.2) is 5.56 Å². The molecule has 106 valence electrons. The van der Waals surface area contributed by atoms with Crippen molar-refractivity contribution < 1.29 is 23.1 Å². The summed E-state index contributed by atoms with van der Waals surface area (Å²) in [5.41, 5.74) is -2.27. The number of alkyl halides is 2. The smallest absolute Gasteiger partial charge is 0.351 e. The molecule has 0 radical (unpaired) electrons. The summed E-state index contributed by atoms with van der Waals surface area (Å²) in [5, 5.41) is 11.4. The summed E-state index contributed by atoms with van der Waals surface area (Å²) in [6.07, 6.45) is -3.40. The van der Waals surface area contributed by atoms with Crippen LogP contribution in [0.2, 0.25) is 0 Å². The van der Waals surface area contributed by atoms with E-state index in [-0.39, 0.29) is 11.0 Å². The summed E-state index contributed by atoms with van der Waals surface area (Å²) in [6, 6.07) is 9.92. The molecule has 3 aromatic rings. The number of ketones is 1. The molecule has 0 saturated heterocycles. The van der Waals surface area contributed by atoms with Gasteiger partial charge in [0.1, 0.15) is 11.3 Å². The maximum Gasteiger partial charge on any atom is 0.351 e. The first kappa shape index (κ1) is 13.2. The minimum atomic E-state index is -3.40. The lowest BCUT2D eigenvalue weighted by atomic mass is 10.0. The summed E-state index contributed by atoms with van der Waals surface area (Å²) in [6.45, 7) is 0. The van der Waals surface area contributed by atoms with Gasteiger partial charge in [-0.2, -0.15) is 0 Å². The largest absolute Gasteiger partial charge is 0.506 e. The van der Waals surface area contributed by atoms with Crippen LogP contribution < -0.4 is 5.63 Å². The van der Waals surface area contributed by atoms with Gasteiger partial charge in [0.25, 0.3) is 0 Å².